The second-order valence-corrected chi connectivity index (χ2v) is 4.39. The van der Waals surface area contributed by atoms with Gasteiger partial charge >= 0.3 is 5.97 Å². The highest BCUT2D eigenvalue weighted by Gasteiger charge is 2.25. The van der Waals surface area contributed by atoms with Crippen LogP contribution in [-0.2, 0) is 4.79 Å². The molecule has 0 bridgehead atoms. The van der Waals surface area contributed by atoms with Gasteiger partial charge in [0, 0.05) is 5.54 Å². The molecule has 0 aliphatic rings. The summed E-state index contributed by atoms with van der Waals surface area (Å²) in [6, 6.07) is 5.55. The van der Waals surface area contributed by atoms with E-state index in [4.69, 9.17) is 5.11 Å². The molecule has 1 aromatic rings. The summed E-state index contributed by atoms with van der Waals surface area (Å²) in [7, 11) is 0. The van der Waals surface area contributed by atoms with Gasteiger partial charge in [-0.25, -0.2) is 4.39 Å². The van der Waals surface area contributed by atoms with Crippen molar-refractivity contribution < 1.29 is 19.1 Å². The Balaban J connectivity index is 2.79. The van der Waals surface area contributed by atoms with E-state index in [1.54, 1.807) is 19.9 Å². The van der Waals surface area contributed by atoms with Crippen LogP contribution < -0.4 is 5.32 Å². The second kappa shape index (κ2) is 4.95. The Morgan fingerprint density at radius 3 is 2.47 bits per heavy atom. The third kappa shape index (κ3) is 3.86. The van der Waals surface area contributed by atoms with Crippen molar-refractivity contribution in [1.82, 2.24) is 5.32 Å². The monoisotopic (exact) mass is 239 g/mol. The zero-order chi connectivity index (χ0) is 13.1. The Morgan fingerprint density at radius 1 is 1.35 bits per heavy atom. The van der Waals surface area contributed by atoms with Gasteiger partial charge in [-0.15, -0.1) is 0 Å². The quantitative estimate of drug-likeness (QED) is 0.842. The molecule has 0 unspecified atom stereocenters. The molecular weight excluding hydrogens is 225 g/mol. The number of halogens is 1. The van der Waals surface area contributed by atoms with E-state index in [9.17, 15) is 14.0 Å². The normalized spacial score (nSPS) is 11.0. The summed E-state index contributed by atoms with van der Waals surface area (Å²) in [6.07, 6.45) is -0.229. The molecule has 0 aliphatic carbocycles. The zero-order valence-corrected chi connectivity index (χ0v) is 9.66. The predicted molar refractivity (Wildman–Crippen MR) is 60.2 cm³/mol. The third-order valence-corrected chi connectivity index (χ3v) is 2.16. The van der Waals surface area contributed by atoms with E-state index in [1.807, 2.05) is 0 Å². The largest absolute Gasteiger partial charge is 0.481 e. The summed E-state index contributed by atoms with van der Waals surface area (Å²) in [5, 5.41) is 11.1. The van der Waals surface area contributed by atoms with E-state index in [0.717, 1.165) is 0 Å². The summed E-state index contributed by atoms with van der Waals surface area (Å²) in [4.78, 5) is 22.3. The first-order valence-corrected chi connectivity index (χ1v) is 5.11. The molecule has 5 heteroatoms. The highest BCUT2D eigenvalue weighted by molar-refractivity contribution is 5.95. The molecule has 0 radical (unpaired) electrons. The van der Waals surface area contributed by atoms with Crippen molar-refractivity contribution in [1.29, 1.82) is 0 Å². The maximum Gasteiger partial charge on any atom is 0.305 e. The van der Waals surface area contributed by atoms with Crippen molar-refractivity contribution >= 4 is 11.9 Å². The van der Waals surface area contributed by atoms with Crippen molar-refractivity contribution in [2.24, 2.45) is 0 Å². The van der Waals surface area contributed by atoms with Gasteiger partial charge in [0.1, 0.15) is 5.82 Å². The number of carbonyl (C=O) groups excluding carboxylic acids is 1. The number of benzene rings is 1. The average molecular weight is 239 g/mol. The third-order valence-electron chi connectivity index (χ3n) is 2.16. The molecule has 1 amide bonds. The molecule has 0 saturated carbocycles. The van der Waals surface area contributed by atoms with Gasteiger partial charge in [0.05, 0.1) is 12.0 Å². The van der Waals surface area contributed by atoms with Gasteiger partial charge in [0.25, 0.3) is 5.91 Å². The number of rotatable bonds is 4. The maximum absolute atomic E-state index is 13.3. The van der Waals surface area contributed by atoms with Crippen molar-refractivity contribution in [3.8, 4) is 0 Å². The molecule has 2 N–H and O–H groups in total. The van der Waals surface area contributed by atoms with Crippen LogP contribution in [0.5, 0.6) is 0 Å². The molecule has 4 nitrogen and oxygen atoms in total. The van der Waals surface area contributed by atoms with Gasteiger partial charge in [0.15, 0.2) is 0 Å². The minimum Gasteiger partial charge on any atom is -0.481 e. The van der Waals surface area contributed by atoms with Crippen LogP contribution in [0.1, 0.15) is 30.6 Å². The lowest BCUT2D eigenvalue weighted by Gasteiger charge is -2.24. The molecule has 0 heterocycles. The number of carbonyl (C=O) groups is 2. The average Bonchev–Trinajstić information content (AvgIpc) is 2.14. The number of nitrogens with one attached hydrogen (secondary N) is 1. The van der Waals surface area contributed by atoms with Crippen molar-refractivity contribution in [3.05, 3.63) is 35.6 Å². The number of carboxylic acid groups (broad SMARTS) is 1. The fourth-order valence-electron chi connectivity index (χ4n) is 1.44. The van der Waals surface area contributed by atoms with Crippen LogP contribution in [0.3, 0.4) is 0 Å². The van der Waals surface area contributed by atoms with Crippen LogP contribution >= 0.6 is 0 Å². The summed E-state index contributed by atoms with van der Waals surface area (Å²) >= 11 is 0. The van der Waals surface area contributed by atoms with E-state index in [0.29, 0.717) is 0 Å². The fourth-order valence-corrected chi connectivity index (χ4v) is 1.44. The molecule has 0 fully saturated rings. The summed E-state index contributed by atoms with van der Waals surface area (Å²) in [5.41, 5.74) is -1.02. The molecule has 0 aromatic heterocycles. The van der Waals surface area contributed by atoms with Crippen LogP contribution in [0.25, 0.3) is 0 Å². The highest BCUT2D eigenvalue weighted by atomic mass is 19.1. The topological polar surface area (TPSA) is 66.4 Å². The summed E-state index contributed by atoms with van der Waals surface area (Å²) in [5.74, 6) is -2.27. The van der Waals surface area contributed by atoms with Crippen molar-refractivity contribution in [3.63, 3.8) is 0 Å². The van der Waals surface area contributed by atoms with E-state index in [2.05, 4.69) is 5.32 Å². The first-order valence-electron chi connectivity index (χ1n) is 5.11. The maximum atomic E-state index is 13.3. The van der Waals surface area contributed by atoms with Gasteiger partial charge in [-0.05, 0) is 26.0 Å². The Hall–Kier alpha value is -1.91. The molecule has 0 spiro atoms. The molecule has 0 saturated heterocycles. The summed E-state index contributed by atoms with van der Waals surface area (Å²) < 4.78 is 13.3. The number of carboxylic acids is 1. The lowest BCUT2D eigenvalue weighted by atomic mass is 10.00. The minimum absolute atomic E-state index is 0.0917. The lowest BCUT2D eigenvalue weighted by Crippen LogP contribution is -2.45. The van der Waals surface area contributed by atoms with E-state index in [1.165, 1.54) is 18.2 Å². The van der Waals surface area contributed by atoms with Gasteiger partial charge in [-0.2, -0.15) is 0 Å². The Labute approximate surface area is 98.5 Å². The van der Waals surface area contributed by atoms with Crippen LogP contribution in [0.15, 0.2) is 24.3 Å². The lowest BCUT2D eigenvalue weighted by molar-refractivity contribution is -0.138. The van der Waals surface area contributed by atoms with Crippen LogP contribution in [0.4, 0.5) is 4.39 Å². The highest BCUT2D eigenvalue weighted by Crippen LogP contribution is 2.12. The molecular formula is C12H14FNO3. The van der Waals surface area contributed by atoms with Crippen LogP contribution in [-0.4, -0.2) is 22.5 Å². The molecule has 1 rings (SSSR count). The first kappa shape index (κ1) is 13.2. The van der Waals surface area contributed by atoms with Crippen molar-refractivity contribution in [2.75, 3.05) is 0 Å². The molecule has 0 atom stereocenters. The Kier molecular flexibility index (Phi) is 3.83. The first-order chi connectivity index (χ1) is 7.82. The van der Waals surface area contributed by atoms with Crippen LogP contribution in [0.2, 0.25) is 0 Å². The number of hydrogen-bond donors (Lipinski definition) is 2. The van der Waals surface area contributed by atoms with E-state index < -0.39 is 23.2 Å². The van der Waals surface area contributed by atoms with E-state index >= 15 is 0 Å². The molecule has 1 aromatic carbocycles. The number of amides is 1. The van der Waals surface area contributed by atoms with Crippen molar-refractivity contribution in [2.45, 2.75) is 25.8 Å². The SMILES string of the molecule is CC(C)(CC(=O)O)NC(=O)c1ccccc1F. The summed E-state index contributed by atoms with van der Waals surface area (Å²) in [6.45, 7) is 3.14. The molecule has 92 valence electrons. The Morgan fingerprint density at radius 2 is 1.94 bits per heavy atom. The predicted octanol–water partition coefficient (Wildman–Crippen LogP) is 1.81. The zero-order valence-electron chi connectivity index (χ0n) is 9.66. The van der Waals surface area contributed by atoms with Gasteiger partial charge < -0.3 is 10.4 Å². The second-order valence-electron chi connectivity index (χ2n) is 4.39. The number of hydrogen-bond acceptors (Lipinski definition) is 2. The van der Waals surface area contributed by atoms with Crippen LogP contribution in [0, 0.1) is 5.82 Å². The smallest absolute Gasteiger partial charge is 0.305 e. The molecule has 17 heavy (non-hydrogen) atoms. The minimum atomic E-state index is -1.02. The van der Waals surface area contributed by atoms with Gasteiger partial charge in [-0.1, -0.05) is 12.1 Å². The standard InChI is InChI=1S/C12H14FNO3/c1-12(2,7-10(15)16)14-11(17)8-5-3-4-6-9(8)13/h3-6H,7H2,1-2H3,(H,14,17)(H,15,16). The number of aliphatic carboxylic acids is 1. The van der Waals surface area contributed by atoms with Gasteiger partial charge in [0.2, 0.25) is 0 Å². The molecule has 0 aliphatic heterocycles. The van der Waals surface area contributed by atoms with Gasteiger partial charge in [-0.3, -0.25) is 9.59 Å². The fraction of sp³-hybridized carbons (Fsp3) is 0.333. The van der Waals surface area contributed by atoms with E-state index in [-0.39, 0.29) is 12.0 Å². The Bertz CT molecular complexity index is 443.